The molecule has 2 aliphatic heterocycles. The number of benzene rings is 2. The van der Waals surface area contributed by atoms with Crippen molar-refractivity contribution in [2.45, 2.75) is 25.6 Å². The quantitative estimate of drug-likeness (QED) is 0.456. The molecular weight excluding hydrogens is 350 g/mol. The zero-order valence-electron chi connectivity index (χ0n) is 15.2. The molecule has 3 nitrogen and oxygen atoms in total. The number of aromatic amines is 1. The molecule has 2 aromatic carbocycles. The van der Waals surface area contributed by atoms with Crippen molar-refractivity contribution >= 4 is 27.9 Å². The van der Waals surface area contributed by atoms with Gasteiger partial charge in [-0.15, -0.1) is 11.3 Å². The van der Waals surface area contributed by atoms with Crippen molar-refractivity contribution in [1.82, 2.24) is 9.88 Å². The highest BCUT2D eigenvalue weighted by Gasteiger charge is 2.41. The van der Waals surface area contributed by atoms with Crippen LogP contribution >= 0.6 is 11.3 Å². The van der Waals surface area contributed by atoms with Crippen LogP contribution in [0.3, 0.4) is 0 Å². The van der Waals surface area contributed by atoms with Gasteiger partial charge < -0.3 is 10.3 Å². The summed E-state index contributed by atoms with van der Waals surface area (Å²) in [6.45, 7) is 3.28. The number of aromatic nitrogens is 1. The van der Waals surface area contributed by atoms with Gasteiger partial charge in [0.05, 0.1) is 6.04 Å². The molecule has 134 valence electrons. The topological polar surface area (TPSA) is 31.1 Å². The molecule has 2 aromatic heterocycles. The highest BCUT2D eigenvalue weighted by Crippen LogP contribution is 2.48. The van der Waals surface area contributed by atoms with Crippen molar-refractivity contribution in [2.75, 3.05) is 11.9 Å². The number of aryl methyl sites for hydroxylation is 1. The maximum atomic E-state index is 3.83. The van der Waals surface area contributed by atoms with Gasteiger partial charge in [0.1, 0.15) is 6.17 Å². The molecule has 27 heavy (non-hydrogen) atoms. The average molecular weight is 372 g/mol. The lowest BCUT2D eigenvalue weighted by Gasteiger charge is -2.46. The summed E-state index contributed by atoms with van der Waals surface area (Å²) in [6, 6.07) is 20.0. The summed E-state index contributed by atoms with van der Waals surface area (Å²) in [5.41, 5.74) is 8.11. The van der Waals surface area contributed by atoms with E-state index in [-0.39, 0.29) is 12.2 Å². The Kier molecular flexibility index (Phi) is 3.28. The van der Waals surface area contributed by atoms with Crippen LogP contribution in [0.15, 0.2) is 60.0 Å². The summed E-state index contributed by atoms with van der Waals surface area (Å²) < 4.78 is 0. The number of thiophene rings is 1. The Morgan fingerprint density at radius 2 is 1.89 bits per heavy atom. The van der Waals surface area contributed by atoms with Gasteiger partial charge in [0, 0.05) is 33.7 Å². The van der Waals surface area contributed by atoms with Gasteiger partial charge in [-0.2, -0.15) is 0 Å². The highest BCUT2D eigenvalue weighted by atomic mass is 32.1. The molecule has 0 spiro atoms. The predicted molar refractivity (Wildman–Crippen MR) is 112 cm³/mol. The highest BCUT2D eigenvalue weighted by molar-refractivity contribution is 7.10. The van der Waals surface area contributed by atoms with Gasteiger partial charge in [-0.25, -0.2) is 0 Å². The Morgan fingerprint density at radius 3 is 2.78 bits per heavy atom. The normalized spacial score (nSPS) is 21.4. The number of nitrogens with one attached hydrogen (secondary N) is 2. The second kappa shape index (κ2) is 5.72. The Labute approximate surface area is 162 Å². The molecule has 2 N–H and O–H groups in total. The number of nitrogens with zero attached hydrogens (tertiary/aromatic N) is 1. The number of anilines is 1. The van der Waals surface area contributed by atoms with Crippen LogP contribution in [0.2, 0.25) is 0 Å². The minimum absolute atomic E-state index is 0.226. The van der Waals surface area contributed by atoms with Crippen molar-refractivity contribution in [1.29, 1.82) is 0 Å². The second-order valence-electron chi connectivity index (χ2n) is 7.56. The van der Waals surface area contributed by atoms with Crippen LogP contribution in [-0.2, 0) is 6.42 Å². The lowest BCUT2D eigenvalue weighted by molar-refractivity contribution is 0.153. The third-order valence-electron chi connectivity index (χ3n) is 6.10. The fourth-order valence-corrected chi connectivity index (χ4v) is 5.85. The van der Waals surface area contributed by atoms with E-state index in [9.17, 15) is 0 Å². The van der Waals surface area contributed by atoms with Crippen LogP contribution in [0.4, 0.5) is 5.69 Å². The average Bonchev–Trinajstić information content (AvgIpc) is 3.30. The monoisotopic (exact) mass is 371 g/mol. The first-order chi connectivity index (χ1) is 13.3. The van der Waals surface area contributed by atoms with Crippen molar-refractivity contribution < 1.29 is 0 Å². The molecular formula is C23H21N3S. The minimum Gasteiger partial charge on any atom is -0.365 e. The molecule has 2 aliphatic rings. The number of hydrogen-bond acceptors (Lipinski definition) is 3. The van der Waals surface area contributed by atoms with Gasteiger partial charge >= 0.3 is 0 Å². The van der Waals surface area contributed by atoms with Crippen LogP contribution in [0.1, 0.15) is 39.5 Å². The Bertz CT molecular complexity index is 1160. The van der Waals surface area contributed by atoms with E-state index >= 15 is 0 Å². The Morgan fingerprint density at radius 1 is 1.04 bits per heavy atom. The molecule has 2 atom stereocenters. The predicted octanol–water partition coefficient (Wildman–Crippen LogP) is 5.61. The maximum absolute atomic E-state index is 3.83. The maximum Gasteiger partial charge on any atom is 0.116 e. The van der Waals surface area contributed by atoms with E-state index in [4.69, 9.17) is 0 Å². The molecule has 0 aliphatic carbocycles. The number of H-pyrrole nitrogens is 1. The van der Waals surface area contributed by atoms with Gasteiger partial charge in [0.15, 0.2) is 0 Å². The molecule has 0 unspecified atom stereocenters. The molecule has 0 fully saturated rings. The van der Waals surface area contributed by atoms with Gasteiger partial charge in [0.2, 0.25) is 0 Å². The standard InChI is InChI=1S/C23H21N3S/c1-14-11-13-27-22(14)23-25-19-9-5-3-7-17(19)21-20-16(10-12-26(21)23)15-6-2-4-8-18(15)24-20/h2-9,11,13,21,23-25H,10,12H2,1H3/t21-,23-/m0/s1. The first-order valence-electron chi connectivity index (χ1n) is 9.56. The van der Waals surface area contributed by atoms with Crippen molar-refractivity contribution in [3.8, 4) is 0 Å². The molecule has 0 radical (unpaired) electrons. The number of fused-ring (bicyclic) bond motifs is 7. The fourth-order valence-electron chi connectivity index (χ4n) is 4.85. The van der Waals surface area contributed by atoms with E-state index in [0.29, 0.717) is 0 Å². The smallest absolute Gasteiger partial charge is 0.116 e. The van der Waals surface area contributed by atoms with Gasteiger partial charge in [-0.05, 0) is 53.6 Å². The van der Waals surface area contributed by atoms with Crippen LogP contribution in [0, 0.1) is 6.92 Å². The second-order valence-corrected chi connectivity index (χ2v) is 8.50. The minimum atomic E-state index is 0.226. The largest absolute Gasteiger partial charge is 0.365 e. The summed E-state index contributed by atoms with van der Waals surface area (Å²) in [5, 5.41) is 7.42. The third-order valence-corrected chi connectivity index (χ3v) is 7.17. The molecule has 4 heteroatoms. The van der Waals surface area contributed by atoms with E-state index in [1.54, 1.807) is 0 Å². The fraction of sp³-hybridized carbons (Fsp3) is 0.217. The van der Waals surface area contributed by atoms with Crippen LogP contribution < -0.4 is 5.32 Å². The molecule has 4 heterocycles. The summed E-state index contributed by atoms with van der Waals surface area (Å²) >= 11 is 1.86. The molecule has 0 bridgehead atoms. The molecule has 6 rings (SSSR count). The SMILES string of the molecule is Cc1ccsc1[C@H]1Nc2ccccc2[C@H]2c3[nH]c4ccccc4c3CCN21. The van der Waals surface area contributed by atoms with Gasteiger partial charge in [-0.1, -0.05) is 36.4 Å². The van der Waals surface area contributed by atoms with E-state index in [1.807, 2.05) is 11.3 Å². The number of rotatable bonds is 1. The molecule has 0 saturated carbocycles. The zero-order valence-corrected chi connectivity index (χ0v) is 16.0. The van der Waals surface area contributed by atoms with Crippen LogP contribution in [0.25, 0.3) is 10.9 Å². The Balaban J connectivity index is 1.59. The summed E-state index contributed by atoms with van der Waals surface area (Å²) in [4.78, 5) is 7.83. The first kappa shape index (κ1) is 15.5. The molecule has 0 amide bonds. The van der Waals surface area contributed by atoms with E-state index in [0.717, 1.165) is 13.0 Å². The van der Waals surface area contributed by atoms with Crippen molar-refractivity contribution in [3.05, 3.63) is 87.2 Å². The van der Waals surface area contributed by atoms with Gasteiger partial charge in [0.25, 0.3) is 0 Å². The van der Waals surface area contributed by atoms with E-state index in [1.165, 1.54) is 43.9 Å². The van der Waals surface area contributed by atoms with Crippen LogP contribution in [-0.4, -0.2) is 16.4 Å². The molecule has 4 aromatic rings. The zero-order chi connectivity index (χ0) is 18.0. The van der Waals surface area contributed by atoms with Gasteiger partial charge in [-0.3, -0.25) is 4.90 Å². The van der Waals surface area contributed by atoms with Crippen molar-refractivity contribution in [3.63, 3.8) is 0 Å². The first-order valence-corrected chi connectivity index (χ1v) is 10.4. The lowest BCUT2D eigenvalue weighted by atomic mass is 9.88. The number of hydrogen-bond donors (Lipinski definition) is 2. The van der Waals surface area contributed by atoms with E-state index in [2.05, 4.69) is 82.1 Å². The van der Waals surface area contributed by atoms with E-state index < -0.39 is 0 Å². The summed E-state index contributed by atoms with van der Waals surface area (Å²) in [6.07, 6.45) is 1.31. The Hall–Kier alpha value is -2.56. The molecule has 0 saturated heterocycles. The number of para-hydroxylation sites is 2. The third kappa shape index (κ3) is 2.17. The summed E-state index contributed by atoms with van der Waals surface area (Å²) in [5.74, 6) is 0. The lowest BCUT2D eigenvalue weighted by Crippen LogP contribution is -2.45. The van der Waals surface area contributed by atoms with Crippen LogP contribution in [0.5, 0.6) is 0 Å². The summed E-state index contributed by atoms with van der Waals surface area (Å²) in [7, 11) is 0. The van der Waals surface area contributed by atoms with Crippen molar-refractivity contribution in [2.24, 2.45) is 0 Å².